The minimum Gasteiger partial charge on any atom is -0.493 e. The van der Waals surface area contributed by atoms with Crippen LogP contribution in [0.2, 0.25) is 0 Å². The lowest BCUT2D eigenvalue weighted by atomic mass is 10.0. The van der Waals surface area contributed by atoms with Gasteiger partial charge in [-0.05, 0) is 67.6 Å². The lowest BCUT2D eigenvalue weighted by molar-refractivity contribution is -0.122. The van der Waals surface area contributed by atoms with Gasteiger partial charge in [0, 0.05) is 12.6 Å². The first-order chi connectivity index (χ1) is 12.4. The number of nitrogens with zero attached hydrogens (tertiary/aromatic N) is 1. The standard InChI is InChI=1S/C21H30N2O3/c1-13(2)10-18(20(22)24)23(3)21(25)16-8-9-17(15-6-7-15)19(11-16)26-12-14-4-5-14/h8-9,11,13-15,18H,4-7,10,12H2,1-3H3,(H2,22,24)/t18-/m0/s1. The van der Waals surface area contributed by atoms with E-state index in [1.807, 2.05) is 32.0 Å². The summed E-state index contributed by atoms with van der Waals surface area (Å²) in [6.45, 7) is 4.76. The number of ether oxygens (including phenoxy) is 1. The lowest BCUT2D eigenvalue weighted by Gasteiger charge is -2.27. The van der Waals surface area contributed by atoms with Gasteiger partial charge < -0.3 is 15.4 Å². The van der Waals surface area contributed by atoms with Crippen LogP contribution in [0, 0.1) is 11.8 Å². The molecule has 0 saturated heterocycles. The highest BCUT2D eigenvalue weighted by Gasteiger charge is 2.31. The largest absolute Gasteiger partial charge is 0.493 e. The van der Waals surface area contributed by atoms with Crippen LogP contribution in [0.5, 0.6) is 5.75 Å². The van der Waals surface area contributed by atoms with E-state index >= 15 is 0 Å². The van der Waals surface area contributed by atoms with E-state index in [0.29, 0.717) is 23.8 Å². The Labute approximate surface area is 155 Å². The summed E-state index contributed by atoms with van der Waals surface area (Å²) in [4.78, 5) is 26.2. The van der Waals surface area contributed by atoms with Crippen LogP contribution in [0.3, 0.4) is 0 Å². The van der Waals surface area contributed by atoms with E-state index in [2.05, 4.69) is 0 Å². The average molecular weight is 358 g/mol. The monoisotopic (exact) mass is 358 g/mol. The van der Waals surface area contributed by atoms with Gasteiger partial charge in [-0.15, -0.1) is 0 Å². The van der Waals surface area contributed by atoms with Gasteiger partial charge in [-0.2, -0.15) is 0 Å². The third-order valence-electron chi connectivity index (χ3n) is 5.26. The fraction of sp³-hybridized carbons (Fsp3) is 0.619. The van der Waals surface area contributed by atoms with Crippen molar-refractivity contribution in [2.24, 2.45) is 17.6 Å². The van der Waals surface area contributed by atoms with Gasteiger partial charge >= 0.3 is 0 Å². The highest BCUT2D eigenvalue weighted by molar-refractivity contribution is 5.97. The van der Waals surface area contributed by atoms with E-state index in [0.717, 1.165) is 12.4 Å². The Morgan fingerprint density at radius 1 is 1.23 bits per heavy atom. The first-order valence-electron chi connectivity index (χ1n) is 9.70. The van der Waals surface area contributed by atoms with Gasteiger partial charge in [0.2, 0.25) is 5.91 Å². The quantitative estimate of drug-likeness (QED) is 0.736. The molecule has 5 heteroatoms. The molecule has 2 aliphatic carbocycles. The van der Waals surface area contributed by atoms with Crippen molar-refractivity contribution >= 4 is 11.8 Å². The van der Waals surface area contributed by atoms with Crippen molar-refractivity contribution in [1.29, 1.82) is 0 Å². The Morgan fingerprint density at radius 3 is 2.46 bits per heavy atom. The van der Waals surface area contributed by atoms with Crippen molar-refractivity contribution in [3.05, 3.63) is 29.3 Å². The predicted octanol–water partition coefficient (Wildman–Crippen LogP) is 3.32. The second-order valence-electron chi connectivity index (χ2n) is 8.25. The number of carbonyl (C=O) groups excluding carboxylic acids is 2. The molecule has 5 nitrogen and oxygen atoms in total. The number of carbonyl (C=O) groups is 2. The molecule has 2 aliphatic rings. The molecular formula is C21H30N2O3. The van der Waals surface area contributed by atoms with Crippen LogP contribution in [0.1, 0.15) is 67.8 Å². The first-order valence-corrected chi connectivity index (χ1v) is 9.70. The summed E-state index contributed by atoms with van der Waals surface area (Å²) in [5, 5.41) is 0. The second kappa shape index (κ2) is 7.68. The van der Waals surface area contributed by atoms with E-state index in [-0.39, 0.29) is 11.8 Å². The molecule has 2 fully saturated rings. The minimum atomic E-state index is -0.596. The van der Waals surface area contributed by atoms with Gasteiger partial charge in [-0.25, -0.2) is 0 Å². The zero-order valence-electron chi connectivity index (χ0n) is 16.0. The van der Waals surface area contributed by atoms with Gasteiger partial charge in [-0.1, -0.05) is 19.9 Å². The summed E-state index contributed by atoms with van der Waals surface area (Å²) in [5.74, 6) is 1.68. The second-order valence-corrected chi connectivity index (χ2v) is 8.25. The number of amides is 2. The van der Waals surface area contributed by atoms with Crippen molar-refractivity contribution in [3.8, 4) is 5.75 Å². The number of nitrogens with two attached hydrogens (primary N) is 1. The normalized spacial score (nSPS) is 17.8. The maximum Gasteiger partial charge on any atom is 0.254 e. The summed E-state index contributed by atoms with van der Waals surface area (Å²) < 4.78 is 6.04. The molecule has 142 valence electrons. The molecule has 0 aliphatic heterocycles. The third kappa shape index (κ3) is 4.57. The fourth-order valence-electron chi connectivity index (χ4n) is 3.27. The van der Waals surface area contributed by atoms with Crippen LogP contribution in [-0.2, 0) is 4.79 Å². The van der Waals surface area contributed by atoms with Crippen LogP contribution in [0.25, 0.3) is 0 Å². The fourth-order valence-corrected chi connectivity index (χ4v) is 3.27. The van der Waals surface area contributed by atoms with Crippen LogP contribution < -0.4 is 10.5 Å². The molecule has 0 radical (unpaired) electrons. The van der Waals surface area contributed by atoms with E-state index < -0.39 is 11.9 Å². The molecule has 26 heavy (non-hydrogen) atoms. The van der Waals surface area contributed by atoms with Crippen LogP contribution in [-0.4, -0.2) is 36.4 Å². The number of likely N-dealkylation sites (N-methyl/N-ethyl adjacent to an activating group) is 1. The first kappa shape index (κ1) is 18.7. The Balaban J connectivity index is 1.78. The molecule has 1 aromatic carbocycles. The molecular weight excluding hydrogens is 328 g/mol. The van der Waals surface area contributed by atoms with Crippen molar-refractivity contribution in [1.82, 2.24) is 4.90 Å². The molecule has 1 aromatic rings. The Kier molecular flexibility index (Phi) is 5.54. The Bertz CT molecular complexity index is 678. The molecule has 2 saturated carbocycles. The Morgan fingerprint density at radius 2 is 1.92 bits per heavy atom. The van der Waals surface area contributed by atoms with E-state index in [1.54, 1.807) is 7.05 Å². The van der Waals surface area contributed by atoms with Crippen LogP contribution >= 0.6 is 0 Å². The summed E-state index contributed by atoms with van der Waals surface area (Å²) in [7, 11) is 1.65. The number of hydrogen-bond donors (Lipinski definition) is 1. The number of benzene rings is 1. The maximum absolute atomic E-state index is 12.9. The molecule has 2 N–H and O–H groups in total. The van der Waals surface area contributed by atoms with Gasteiger partial charge in [0.15, 0.2) is 0 Å². The smallest absolute Gasteiger partial charge is 0.254 e. The minimum absolute atomic E-state index is 0.187. The Hall–Kier alpha value is -2.04. The molecule has 0 unspecified atom stereocenters. The summed E-state index contributed by atoms with van der Waals surface area (Å²) in [6.07, 6.45) is 5.39. The topological polar surface area (TPSA) is 72.6 Å². The van der Waals surface area contributed by atoms with Crippen molar-refractivity contribution in [2.75, 3.05) is 13.7 Å². The van der Waals surface area contributed by atoms with E-state index in [9.17, 15) is 9.59 Å². The van der Waals surface area contributed by atoms with Crippen molar-refractivity contribution in [2.45, 2.75) is 57.9 Å². The summed E-state index contributed by atoms with van der Waals surface area (Å²) in [5.41, 5.74) is 7.29. The van der Waals surface area contributed by atoms with Gasteiger partial charge in [-0.3, -0.25) is 9.59 Å². The summed E-state index contributed by atoms with van der Waals surface area (Å²) in [6, 6.07) is 5.12. The van der Waals surface area contributed by atoms with Crippen LogP contribution in [0.15, 0.2) is 18.2 Å². The summed E-state index contributed by atoms with van der Waals surface area (Å²) >= 11 is 0. The van der Waals surface area contributed by atoms with E-state index in [1.165, 1.54) is 36.1 Å². The predicted molar refractivity (Wildman–Crippen MR) is 101 cm³/mol. The average Bonchev–Trinajstić information content (AvgIpc) is 3.48. The lowest BCUT2D eigenvalue weighted by Crippen LogP contribution is -2.46. The van der Waals surface area contributed by atoms with Gasteiger partial charge in [0.25, 0.3) is 5.91 Å². The highest BCUT2D eigenvalue weighted by Crippen LogP contribution is 2.45. The molecule has 0 heterocycles. The van der Waals surface area contributed by atoms with Gasteiger partial charge in [0.05, 0.1) is 6.61 Å². The highest BCUT2D eigenvalue weighted by atomic mass is 16.5. The van der Waals surface area contributed by atoms with E-state index in [4.69, 9.17) is 10.5 Å². The zero-order valence-corrected chi connectivity index (χ0v) is 16.0. The third-order valence-corrected chi connectivity index (χ3v) is 5.26. The van der Waals surface area contributed by atoms with Crippen LogP contribution in [0.4, 0.5) is 0 Å². The molecule has 0 bridgehead atoms. The molecule has 1 atom stereocenters. The zero-order chi connectivity index (χ0) is 18.8. The molecule has 3 rings (SSSR count). The molecule has 0 spiro atoms. The molecule has 2 amide bonds. The van der Waals surface area contributed by atoms with Crippen molar-refractivity contribution in [3.63, 3.8) is 0 Å². The van der Waals surface area contributed by atoms with Gasteiger partial charge in [0.1, 0.15) is 11.8 Å². The molecule has 0 aromatic heterocycles. The maximum atomic E-state index is 12.9. The SMILES string of the molecule is CC(C)C[C@@H](C(N)=O)N(C)C(=O)c1ccc(C2CC2)c(OCC2CC2)c1. The number of rotatable bonds is 9. The number of primary amides is 1. The van der Waals surface area contributed by atoms with Crippen molar-refractivity contribution < 1.29 is 14.3 Å². The number of hydrogen-bond acceptors (Lipinski definition) is 3.